The van der Waals surface area contributed by atoms with Gasteiger partial charge in [0.15, 0.2) is 0 Å². The molecule has 2 aromatic rings. The molecule has 4 nitrogen and oxygen atoms in total. The van der Waals surface area contributed by atoms with Gasteiger partial charge in [-0.2, -0.15) is 0 Å². The molecule has 0 radical (unpaired) electrons. The van der Waals surface area contributed by atoms with Crippen LogP contribution in [0.4, 0.5) is 14.9 Å². The molecule has 0 aliphatic heterocycles. The molecule has 1 amide bonds. The molecule has 0 aliphatic rings. The fourth-order valence-corrected chi connectivity index (χ4v) is 2.00. The van der Waals surface area contributed by atoms with E-state index >= 15 is 0 Å². The summed E-state index contributed by atoms with van der Waals surface area (Å²) >= 11 is 0. The number of amides is 1. The van der Waals surface area contributed by atoms with Crippen molar-refractivity contribution in [1.29, 1.82) is 0 Å². The molecule has 1 heterocycles. The summed E-state index contributed by atoms with van der Waals surface area (Å²) in [6.07, 6.45) is 1.05. The van der Waals surface area contributed by atoms with Gasteiger partial charge in [-0.05, 0) is 52.0 Å². The van der Waals surface area contributed by atoms with E-state index in [-0.39, 0.29) is 0 Å². The highest BCUT2D eigenvalue weighted by Crippen LogP contribution is 2.27. The lowest BCUT2D eigenvalue weighted by Crippen LogP contribution is -2.27. The molecule has 0 saturated heterocycles. The van der Waals surface area contributed by atoms with Gasteiger partial charge in [-0.1, -0.05) is 6.07 Å². The second-order valence-electron chi connectivity index (χ2n) is 5.96. The highest BCUT2D eigenvalue weighted by molar-refractivity contribution is 5.85. The lowest BCUT2D eigenvalue weighted by atomic mass is 10.0. The van der Waals surface area contributed by atoms with Crippen molar-refractivity contribution in [3.8, 4) is 11.1 Å². The third-order valence-corrected chi connectivity index (χ3v) is 2.91. The molecule has 1 N–H and O–H groups in total. The van der Waals surface area contributed by atoms with Crippen molar-refractivity contribution in [2.24, 2.45) is 0 Å². The maximum Gasteiger partial charge on any atom is 0.412 e. The minimum Gasteiger partial charge on any atom is -0.444 e. The summed E-state index contributed by atoms with van der Waals surface area (Å²) < 4.78 is 19.4. The Balaban J connectivity index is 2.20. The third kappa shape index (κ3) is 4.04. The van der Waals surface area contributed by atoms with Gasteiger partial charge in [0, 0.05) is 28.7 Å². The molecule has 0 unspecified atom stereocenters. The maximum atomic E-state index is 14.3. The summed E-state index contributed by atoms with van der Waals surface area (Å²) in [5.74, 6) is -0.426. The first-order valence-corrected chi connectivity index (χ1v) is 6.98. The highest BCUT2D eigenvalue weighted by Gasteiger charge is 2.17. The third-order valence-electron chi connectivity index (χ3n) is 2.91. The SMILES string of the molecule is Cc1ncccc1-c1ccc(NC(=O)OC(C)(C)C)cc1F. The number of hydrogen-bond donors (Lipinski definition) is 1. The summed E-state index contributed by atoms with van der Waals surface area (Å²) in [4.78, 5) is 15.8. The summed E-state index contributed by atoms with van der Waals surface area (Å²) in [5.41, 5.74) is 1.66. The number of carbonyl (C=O) groups is 1. The molecule has 1 aromatic heterocycles. The average molecular weight is 302 g/mol. The lowest BCUT2D eigenvalue weighted by molar-refractivity contribution is 0.0636. The molecular formula is C17H19FN2O2. The molecule has 5 heteroatoms. The van der Waals surface area contributed by atoms with E-state index in [4.69, 9.17) is 4.74 Å². The van der Waals surface area contributed by atoms with Gasteiger partial charge in [0.2, 0.25) is 0 Å². The van der Waals surface area contributed by atoms with Gasteiger partial charge >= 0.3 is 6.09 Å². The number of anilines is 1. The number of aryl methyl sites for hydroxylation is 1. The molecule has 0 saturated carbocycles. The van der Waals surface area contributed by atoms with Gasteiger partial charge in [-0.15, -0.1) is 0 Å². The first-order chi connectivity index (χ1) is 10.3. The minimum absolute atomic E-state index is 0.344. The van der Waals surface area contributed by atoms with Crippen molar-refractivity contribution >= 4 is 11.8 Å². The van der Waals surface area contributed by atoms with Crippen molar-refractivity contribution in [1.82, 2.24) is 4.98 Å². The quantitative estimate of drug-likeness (QED) is 0.885. The number of hydrogen-bond acceptors (Lipinski definition) is 3. The molecule has 2 rings (SSSR count). The molecule has 0 spiro atoms. The molecule has 22 heavy (non-hydrogen) atoms. The van der Waals surface area contributed by atoms with Crippen LogP contribution >= 0.6 is 0 Å². The topological polar surface area (TPSA) is 51.2 Å². The Morgan fingerprint density at radius 1 is 1.23 bits per heavy atom. The maximum absolute atomic E-state index is 14.3. The van der Waals surface area contributed by atoms with E-state index in [1.54, 1.807) is 45.2 Å². The predicted molar refractivity (Wildman–Crippen MR) is 84.2 cm³/mol. The van der Waals surface area contributed by atoms with Crippen molar-refractivity contribution in [2.45, 2.75) is 33.3 Å². The molecule has 0 atom stereocenters. The first kappa shape index (κ1) is 15.9. The van der Waals surface area contributed by atoms with Crippen LogP contribution in [0.25, 0.3) is 11.1 Å². The number of carbonyl (C=O) groups excluding carboxylic acids is 1. The largest absolute Gasteiger partial charge is 0.444 e. The number of halogens is 1. The molecule has 0 aliphatic carbocycles. The van der Waals surface area contributed by atoms with Crippen LogP contribution in [0.3, 0.4) is 0 Å². The number of nitrogens with one attached hydrogen (secondary N) is 1. The summed E-state index contributed by atoms with van der Waals surface area (Å²) in [6.45, 7) is 7.12. The van der Waals surface area contributed by atoms with Crippen molar-refractivity contribution in [3.05, 3.63) is 48.0 Å². The summed E-state index contributed by atoms with van der Waals surface area (Å²) in [7, 11) is 0. The van der Waals surface area contributed by atoms with Crippen molar-refractivity contribution in [3.63, 3.8) is 0 Å². The monoisotopic (exact) mass is 302 g/mol. The van der Waals surface area contributed by atoms with Crippen molar-refractivity contribution < 1.29 is 13.9 Å². The van der Waals surface area contributed by atoms with E-state index in [0.717, 1.165) is 11.3 Å². The van der Waals surface area contributed by atoms with Crippen molar-refractivity contribution in [2.75, 3.05) is 5.32 Å². The lowest BCUT2D eigenvalue weighted by Gasteiger charge is -2.19. The van der Waals surface area contributed by atoms with Crippen LogP contribution in [0, 0.1) is 12.7 Å². The van der Waals surface area contributed by atoms with Crippen LogP contribution in [0.2, 0.25) is 0 Å². The van der Waals surface area contributed by atoms with Crippen LogP contribution in [-0.4, -0.2) is 16.7 Å². The van der Waals surface area contributed by atoms with E-state index in [9.17, 15) is 9.18 Å². The Labute approximate surface area is 129 Å². The molecule has 0 fully saturated rings. The molecule has 0 bridgehead atoms. The zero-order chi connectivity index (χ0) is 16.3. The van der Waals surface area contributed by atoms with Crippen LogP contribution in [0.15, 0.2) is 36.5 Å². The highest BCUT2D eigenvalue weighted by atomic mass is 19.1. The number of pyridine rings is 1. The average Bonchev–Trinajstić information content (AvgIpc) is 2.38. The van der Waals surface area contributed by atoms with Gasteiger partial charge in [-0.3, -0.25) is 10.3 Å². The van der Waals surface area contributed by atoms with Gasteiger partial charge in [0.05, 0.1) is 0 Å². The Morgan fingerprint density at radius 2 is 1.95 bits per heavy atom. The van der Waals surface area contributed by atoms with E-state index in [2.05, 4.69) is 10.3 Å². The number of nitrogens with zero attached hydrogens (tertiary/aromatic N) is 1. The second-order valence-corrected chi connectivity index (χ2v) is 5.96. The van der Waals surface area contributed by atoms with Gasteiger partial charge in [0.25, 0.3) is 0 Å². The van der Waals surface area contributed by atoms with Crippen LogP contribution in [0.5, 0.6) is 0 Å². The first-order valence-electron chi connectivity index (χ1n) is 6.98. The Kier molecular flexibility index (Phi) is 4.45. The number of ether oxygens (including phenoxy) is 1. The Morgan fingerprint density at radius 3 is 2.55 bits per heavy atom. The van der Waals surface area contributed by atoms with Crippen LogP contribution in [0.1, 0.15) is 26.5 Å². The predicted octanol–water partition coefficient (Wildman–Crippen LogP) is 4.54. The van der Waals surface area contributed by atoms with Gasteiger partial charge in [0.1, 0.15) is 11.4 Å². The second kappa shape index (κ2) is 6.13. The van der Waals surface area contributed by atoms with E-state index in [0.29, 0.717) is 11.3 Å². The van der Waals surface area contributed by atoms with E-state index in [1.807, 2.05) is 13.0 Å². The minimum atomic E-state index is -0.614. The zero-order valence-corrected chi connectivity index (χ0v) is 13.1. The normalized spacial score (nSPS) is 11.1. The smallest absolute Gasteiger partial charge is 0.412 e. The summed E-state index contributed by atoms with van der Waals surface area (Å²) in [6, 6.07) is 8.09. The van der Waals surface area contributed by atoms with Gasteiger partial charge in [-0.25, -0.2) is 9.18 Å². The number of rotatable bonds is 2. The molecular weight excluding hydrogens is 283 g/mol. The molecule has 1 aromatic carbocycles. The van der Waals surface area contributed by atoms with E-state index < -0.39 is 17.5 Å². The van der Waals surface area contributed by atoms with Crippen LogP contribution in [-0.2, 0) is 4.74 Å². The Bertz CT molecular complexity index is 693. The van der Waals surface area contributed by atoms with Crippen LogP contribution < -0.4 is 5.32 Å². The fourth-order valence-electron chi connectivity index (χ4n) is 2.00. The standard InChI is InChI=1S/C17H19FN2O2/c1-11-13(6-5-9-19-11)14-8-7-12(10-15(14)18)20-16(21)22-17(2,3)4/h5-10H,1-4H3,(H,20,21). The van der Waals surface area contributed by atoms with Gasteiger partial charge < -0.3 is 4.74 Å². The number of aromatic nitrogens is 1. The zero-order valence-electron chi connectivity index (χ0n) is 13.1. The summed E-state index contributed by atoms with van der Waals surface area (Å²) in [5, 5.41) is 2.52. The van der Waals surface area contributed by atoms with E-state index in [1.165, 1.54) is 6.07 Å². The Hall–Kier alpha value is -2.43. The number of benzene rings is 1. The fraction of sp³-hybridized carbons (Fsp3) is 0.294. The molecule has 116 valence electrons.